The SMILES string of the molecule is Cn1c(CC(NN)c2sccc2Br)nc2ccccc21. The van der Waals surface area contributed by atoms with Gasteiger partial charge in [0, 0.05) is 22.8 Å². The van der Waals surface area contributed by atoms with Crippen LogP contribution in [0.5, 0.6) is 0 Å². The van der Waals surface area contributed by atoms with E-state index in [4.69, 9.17) is 10.8 Å². The second-order valence-corrected chi connectivity index (χ2v) is 6.43. The minimum absolute atomic E-state index is 0.0555. The van der Waals surface area contributed by atoms with Gasteiger partial charge in [-0.25, -0.2) is 4.98 Å². The molecule has 0 radical (unpaired) electrons. The van der Waals surface area contributed by atoms with Crippen LogP contribution in [0.2, 0.25) is 0 Å². The van der Waals surface area contributed by atoms with Crippen molar-refractivity contribution in [1.29, 1.82) is 0 Å². The molecule has 1 unspecified atom stereocenters. The average molecular weight is 351 g/mol. The van der Waals surface area contributed by atoms with E-state index in [1.165, 1.54) is 4.88 Å². The molecule has 1 aromatic carbocycles. The Morgan fingerprint density at radius 2 is 2.20 bits per heavy atom. The third-order valence-corrected chi connectivity index (χ3v) is 5.41. The topological polar surface area (TPSA) is 55.9 Å². The van der Waals surface area contributed by atoms with E-state index in [2.05, 4.69) is 37.4 Å². The predicted octanol–water partition coefficient (Wildman–Crippen LogP) is 3.14. The molecule has 3 aromatic rings. The molecule has 0 amide bonds. The number of para-hydroxylation sites is 2. The molecule has 3 rings (SSSR count). The summed E-state index contributed by atoms with van der Waals surface area (Å²) in [4.78, 5) is 5.89. The lowest BCUT2D eigenvalue weighted by molar-refractivity contribution is 0.538. The summed E-state index contributed by atoms with van der Waals surface area (Å²) in [6.45, 7) is 0. The summed E-state index contributed by atoms with van der Waals surface area (Å²) >= 11 is 5.25. The zero-order chi connectivity index (χ0) is 14.1. The van der Waals surface area contributed by atoms with E-state index in [-0.39, 0.29) is 6.04 Å². The minimum Gasteiger partial charge on any atom is -0.331 e. The van der Waals surface area contributed by atoms with Gasteiger partial charge in [-0.2, -0.15) is 0 Å². The lowest BCUT2D eigenvalue weighted by Gasteiger charge is -2.14. The van der Waals surface area contributed by atoms with E-state index in [0.29, 0.717) is 0 Å². The van der Waals surface area contributed by atoms with Crippen molar-refractivity contribution in [3.05, 3.63) is 50.9 Å². The molecule has 0 aliphatic rings. The number of halogens is 1. The van der Waals surface area contributed by atoms with E-state index < -0.39 is 0 Å². The largest absolute Gasteiger partial charge is 0.331 e. The zero-order valence-corrected chi connectivity index (χ0v) is 13.4. The van der Waals surface area contributed by atoms with Crippen LogP contribution in [0.15, 0.2) is 40.2 Å². The first-order valence-electron chi connectivity index (χ1n) is 6.30. The molecular weight excluding hydrogens is 336 g/mol. The van der Waals surface area contributed by atoms with Crippen molar-refractivity contribution in [2.75, 3.05) is 0 Å². The molecule has 0 fully saturated rings. The summed E-state index contributed by atoms with van der Waals surface area (Å²) in [5.74, 6) is 6.75. The maximum Gasteiger partial charge on any atom is 0.111 e. The Balaban J connectivity index is 1.95. The van der Waals surface area contributed by atoms with E-state index in [9.17, 15) is 0 Å². The van der Waals surface area contributed by atoms with Crippen LogP contribution >= 0.6 is 27.3 Å². The third-order valence-electron chi connectivity index (χ3n) is 3.43. The fraction of sp³-hybridized carbons (Fsp3) is 0.214. The van der Waals surface area contributed by atoms with E-state index in [1.807, 2.05) is 31.3 Å². The monoisotopic (exact) mass is 350 g/mol. The van der Waals surface area contributed by atoms with Gasteiger partial charge in [0.15, 0.2) is 0 Å². The summed E-state index contributed by atoms with van der Waals surface area (Å²) in [5.41, 5.74) is 5.05. The maximum atomic E-state index is 5.72. The highest BCUT2D eigenvalue weighted by Crippen LogP contribution is 2.31. The van der Waals surface area contributed by atoms with Crippen molar-refractivity contribution in [3.63, 3.8) is 0 Å². The molecule has 6 heteroatoms. The van der Waals surface area contributed by atoms with Crippen molar-refractivity contribution in [2.24, 2.45) is 12.9 Å². The summed E-state index contributed by atoms with van der Waals surface area (Å²) in [6, 6.07) is 10.2. The summed E-state index contributed by atoms with van der Waals surface area (Å²) in [5, 5.41) is 2.05. The number of hydrogen-bond donors (Lipinski definition) is 2. The molecule has 4 nitrogen and oxygen atoms in total. The van der Waals surface area contributed by atoms with Crippen molar-refractivity contribution in [3.8, 4) is 0 Å². The molecule has 1 atom stereocenters. The first kappa shape index (κ1) is 13.8. The first-order chi connectivity index (χ1) is 9.70. The van der Waals surface area contributed by atoms with Gasteiger partial charge in [0.25, 0.3) is 0 Å². The molecule has 0 saturated carbocycles. The van der Waals surface area contributed by atoms with Gasteiger partial charge < -0.3 is 4.57 Å². The Hall–Kier alpha value is -1.21. The molecule has 0 aliphatic carbocycles. The molecule has 0 spiro atoms. The predicted molar refractivity (Wildman–Crippen MR) is 86.5 cm³/mol. The van der Waals surface area contributed by atoms with Crippen LogP contribution in [0.4, 0.5) is 0 Å². The maximum absolute atomic E-state index is 5.72. The first-order valence-corrected chi connectivity index (χ1v) is 7.97. The van der Waals surface area contributed by atoms with Gasteiger partial charge in [-0.3, -0.25) is 11.3 Å². The minimum atomic E-state index is 0.0555. The summed E-state index contributed by atoms with van der Waals surface area (Å²) in [6.07, 6.45) is 0.751. The van der Waals surface area contributed by atoms with Gasteiger partial charge >= 0.3 is 0 Å². The highest BCUT2D eigenvalue weighted by atomic mass is 79.9. The number of hydrogen-bond acceptors (Lipinski definition) is 4. The van der Waals surface area contributed by atoms with E-state index in [1.54, 1.807) is 11.3 Å². The third kappa shape index (κ3) is 2.40. The lowest BCUT2D eigenvalue weighted by atomic mass is 10.1. The number of hydrazine groups is 1. The molecule has 2 heterocycles. The molecule has 0 saturated heterocycles. The Kier molecular flexibility index (Phi) is 3.89. The fourth-order valence-electron chi connectivity index (χ4n) is 2.34. The quantitative estimate of drug-likeness (QED) is 0.561. The standard InChI is InChI=1S/C14H15BrN4S/c1-19-12-5-3-2-4-10(12)17-13(19)8-11(18-16)14-9(15)6-7-20-14/h2-7,11,18H,8,16H2,1H3. The number of imidazole rings is 1. The number of nitrogens with zero attached hydrogens (tertiary/aromatic N) is 2. The number of thiophene rings is 1. The van der Waals surface area contributed by atoms with E-state index >= 15 is 0 Å². The van der Waals surface area contributed by atoms with Crippen LogP contribution in [0.3, 0.4) is 0 Å². The van der Waals surface area contributed by atoms with Crippen LogP contribution in [0, 0.1) is 0 Å². The van der Waals surface area contributed by atoms with Crippen molar-refractivity contribution in [1.82, 2.24) is 15.0 Å². The normalized spacial score (nSPS) is 12.9. The van der Waals surface area contributed by atoms with Crippen LogP contribution in [0.1, 0.15) is 16.7 Å². The van der Waals surface area contributed by atoms with Crippen LogP contribution in [-0.2, 0) is 13.5 Å². The van der Waals surface area contributed by atoms with Crippen molar-refractivity contribution >= 4 is 38.3 Å². The summed E-state index contributed by atoms with van der Waals surface area (Å²) in [7, 11) is 2.04. The summed E-state index contributed by atoms with van der Waals surface area (Å²) < 4.78 is 3.21. The van der Waals surface area contributed by atoms with E-state index in [0.717, 1.165) is 27.8 Å². The average Bonchev–Trinajstić information content (AvgIpc) is 3.01. The molecule has 2 aromatic heterocycles. The van der Waals surface area contributed by atoms with Crippen LogP contribution < -0.4 is 11.3 Å². The second kappa shape index (κ2) is 5.65. The van der Waals surface area contributed by atoms with Crippen LogP contribution in [-0.4, -0.2) is 9.55 Å². The van der Waals surface area contributed by atoms with Gasteiger partial charge in [-0.1, -0.05) is 12.1 Å². The van der Waals surface area contributed by atoms with Crippen LogP contribution in [0.25, 0.3) is 11.0 Å². The van der Waals surface area contributed by atoms with Gasteiger partial charge in [0.05, 0.1) is 17.1 Å². The Labute approximate surface area is 129 Å². The van der Waals surface area contributed by atoms with Crippen molar-refractivity contribution < 1.29 is 0 Å². The smallest absolute Gasteiger partial charge is 0.111 e. The van der Waals surface area contributed by atoms with Gasteiger partial charge in [-0.05, 0) is 39.5 Å². The fourth-order valence-corrected chi connectivity index (χ4v) is 4.05. The second-order valence-electron chi connectivity index (χ2n) is 4.63. The van der Waals surface area contributed by atoms with Crippen molar-refractivity contribution in [2.45, 2.75) is 12.5 Å². The highest BCUT2D eigenvalue weighted by molar-refractivity contribution is 9.10. The Morgan fingerprint density at radius 3 is 2.85 bits per heavy atom. The number of nitrogens with one attached hydrogen (secondary N) is 1. The molecule has 20 heavy (non-hydrogen) atoms. The van der Waals surface area contributed by atoms with Gasteiger partial charge in [0.1, 0.15) is 5.82 Å². The number of fused-ring (bicyclic) bond motifs is 1. The number of rotatable bonds is 4. The number of aryl methyl sites for hydroxylation is 1. The number of nitrogens with two attached hydrogens (primary N) is 1. The molecule has 0 bridgehead atoms. The molecule has 0 aliphatic heterocycles. The number of benzene rings is 1. The Bertz CT molecular complexity index is 734. The zero-order valence-electron chi connectivity index (χ0n) is 11.0. The number of aromatic nitrogens is 2. The van der Waals surface area contributed by atoms with Gasteiger partial charge in [0.2, 0.25) is 0 Å². The highest BCUT2D eigenvalue weighted by Gasteiger charge is 2.18. The van der Waals surface area contributed by atoms with Gasteiger partial charge in [-0.15, -0.1) is 11.3 Å². The molecular formula is C14H15BrN4S. The lowest BCUT2D eigenvalue weighted by Crippen LogP contribution is -2.29. The Morgan fingerprint density at radius 1 is 1.40 bits per heavy atom. The molecule has 3 N–H and O–H groups in total. The molecule has 104 valence electrons.